The quantitative estimate of drug-likeness (QED) is 0.838. The maximum absolute atomic E-state index is 12.5. The number of carbonyl (C=O) groups is 1. The fourth-order valence-electron chi connectivity index (χ4n) is 4.56. The third kappa shape index (κ3) is 3.02. The molecule has 140 valence electrons. The molecular weight excluding hydrogens is 340 g/mol. The van der Waals surface area contributed by atoms with Crippen molar-refractivity contribution in [2.24, 2.45) is 0 Å². The van der Waals surface area contributed by atoms with E-state index in [1.165, 1.54) is 32.1 Å². The van der Waals surface area contributed by atoms with Crippen LogP contribution in [0.5, 0.6) is 0 Å². The van der Waals surface area contributed by atoms with E-state index in [4.69, 9.17) is 9.72 Å². The second-order valence-electron chi connectivity index (χ2n) is 7.99. The van der Waals surface area contributed by atoms with E-state index >= 15 is 0 Å². The van der Waals surface area contributed by atoms with Gasteiger partial charge in [-0.2, -0.15) is 0 Å². The standard InChI is InChI=1S/C21H24N4O2/c26-19(9-15-5-4-8-22-10-15)25-13-21(14-25)17-11-23-20(24-18(17)12-27-21)16-6-2-1-3-7-16/h4-5,8,10-11,16H,1-3,6-7,9,12-14H2. The maximum Gasteiger partial charge on any atom is 0.227 e. The lowest BCUT2D eigenvalue weighted by Crippen LogP contribution is -2.61. The lowest BCUT2D eigenvalue weighted by molar-refractivity contribution is -0.168. The summed E-state index contributed by atoms with van der Waals surface area (Å²) in [6.07, 6.45) is 12.1. The van der Waals surface area contributed by atoms with Crippen LogP contribution in [-0.2, 0) is 28.2 Å². The Hall–Kier alpha value is -2.34. The average molecular weight is 364 g/mol. The van der Waals surface area contributed by atoms with Crippen LogP contribution in [0.4, 0.5) is 0 Å². The lowest BCUT2D eigenvalue weighted by Gasteiger charge is -2.47. The molecule has 1 aliphatic carbocycles. The Kier molecular flexibility index (Phi) is 4.16. The minimum Gasteiger partial charge on any atom is -0.360 e. The zero-order chi connectivity index (χ0) is 18.3. The number of rotatable bonds is 3. The minimum atomic E-state index is -0.398. The van der Waals surface area contributed by atoms with E-state index in [0.29, 0.717) is 32.0 Å². The number of hydrogen-bond acceptors (Lipinski definition) is 5. The second-order valence-corrected chi connectivity index (χ2v) is 7.99. The first-order valence-electron chi connectivity index (χ1n) is 9.90. The van der Waals surface area contributed by atoms with Crippen molar-refractivity contribution < 1.29 is 9.53 Å². The Bertz CT molecular complexity index is 843. The smallest absolute Gasteiger partial charge is 0.227 e. The molecule has 0 unspecified atom stereocenters. The van der Waals surface area contributed by atoms with Gasteiger partial charge in [0, 0.05) is 30.1 Å². The molecule has 2 aromatic rings. The van der Waals surface area contributed by atoms with Crippen molar-refractivity contribution >= 4 is 5.91 Å². The predicted octanol–water partition coefficient (Wildman–Crippen LogP) is 2.73. The topological polar surface area (TPSA) is 68.2 Å². The Morgan fingerprint density at radius 3 is 2.85 bits per heavy atom. The third-order valence-corrected chi connectivity index (χ3v) is 6.16. The summed E-state index contributed by atoms with van der Waals surface area (Å²) in [5, 5.41) is 0. The van der Waals surface area contributed by atoms with Gasteiger partial charge in [0.25, 0.3) is 0 Å². The zero-order valence-corrected chi connectivity index (χ0v) is 15.4. The van der Waals surface area contributed by atoms with Gasteiger partial charge in [0.05, 0.1) is 31.8 Å². The zero-order valence-electron chi connectivity index (χ0n) is 15.4. The first-order chi connectivity index (χ1) is 13.2. The van der Waals surface area contributed by atoms with E-state index < -0.39 is 5.60 Å². The predicted molar refractivity (Wildman–Crippen MR) is 98.8 cm³/mol. The van der Waals surface area contributed by atoms with Crippen molar-refractivity contribution in [3.05, 3.63) is 53.4 Å². The summed E-state index contributed by atoms with van der Waals surface area (Å²) in [5.41, 5.74) is 2.64. The number of ether oxygens (including phenoxy) is 1. The SMILES string of the molecule is O=C(Cc1cccnc1)N1CC2(C1)OCc1nc(C3CCCCC3)ncc12. The number of pyridine rings is 1. The Labute approximate surface area is 159 Å². The minimum absolute atomic E-state index is 0.116. The van der Waals surface area contributed by atoms with Crippen molar-refractivity contribution in [3.8, 4) is 0 Å². The van der Waals surface area contributed by atoms with Crippen LogP contribution >= 0.6 is 0 Å². The summed E-state index contributed by atoms with van der Waals surface area (Å²) in [7, 11) is 0. The summed E-state index contributed by atoms with van der Waals surface area (Å²) in [5.74, 6) is 1.60. The summed E-state index contributed by atoms with van der Waals surface area (Å²) >= 11 is 0. The molecule has 6 heteroatoms. The number of carbonyl (C=O) groups excluding carboxylic acids is 1. The van der Waals surface area contributed by atoms with Crippen LogP contribution in [-0.4, -0.2) is 38.8 Å². The molecule has 0 atom stereocenters. The van der Waals surface area contributed by atoms with E-state index in [1.807, 2.05) is 23.2 Å². The Morgan fingerprint density at radius 2 is 2.07 bits per heavy atom. The summed E-state index contributed by atoms with van der Waals surface area (Å²) in [4.78, 5) is 28.0. The van der Waals surface area contributed by atoms with Gasteiger partial charge in [-0.3, -0.25) is 9.78 Å². The molecule has 0 bridgehead atoms. The van der Waals surface area contributed by atoms with Crippen molar-refractivity contribution in [1.29, 1.82) is 0 Å². The van der Waals surface area contributed by atoms with Gasteiger partial charge in [-0.15, -0.1) is 0 Å². The van der Waals surface area contributed by atoms with Crippen LogP contribution in [0.15, 0.2) is 30.7 Å². The number of hydrogen-bond donors (Lipinski definition) is 0. The van der Waals surface area contributed by atoms with Crippen molar-refractivity contribution in [1.82, 2.24) is 19.9 Å². The molecule has 2 aliphatic heterocycles. The molecule has 0 aromatic carbocycles. The molecule has 2 aromatic heterocycles. The average Bonchev–Trinajstić information content (AvgIpc) is 3.07. The number of aromatic nitrogens is 3. The van der Waals surface area contributed by atoms with Gasteiger partial charge < -0.3 is 9.64 Å². The number of nitrogens with zero attached hydrogens (tertiary/aromatic N) is 4. The first-order valence-corrected chi connectivity index (χ1v) is 9.90. The molecule has 3 aliphatic rings. The largest absolute Gasteiger partial charge is 0.360 e. The van der Waals surface area contributed by atoms with Gasteiger partial charge in [-0.25, -0.2) is 9.97 Å². The second kappa shape index (κ2) is 6.68. The van der Waals surface area contributed by atoms with Crippen molar-refractivity contribution in [3.63, 3.8) is 0 Å². The van der Waals surface area contributed by atoms with E-state index in [9.17, 15) is 4.79 Å². The number of amides is 1. The highest BCUT2D eigenvalue weighted by molar-refractivity contribution is 5.80. The molecule has 0 N–H and O–H groups in total. The molecule has 2 fully saturated rings. The summed E-state index contributed by atoms with van der Waals surface area (Å²) in [6.45, 7) is 1.71. The van der Waals surface area contributed by atoms with Crippen LogP contribution in [0.2, 0.25) is 0 Å². The fraction of sp³-hybridized carbons (Fsp3) is 0.524. The maximum atomic E-state index is 12.5. The summed E-state index contributed by atoms with van der Waals surface area (Å²) < 4.78 is 6.11. The molecule has 4 heterocycles. The van der Waals surface area contributed by atoms with E-state index in [-0.39, 0.29) is 5.91 Å². The molecule has 27 heavy (non-hydrogen) atoms. The number of fused-ring (bicyclic) bond motifs is 2. The van der Waals surface area contributed by atoms with Crippen molar-refractivity contribution in [2.45, 2.75) is 56.7 Å². The van der Waals surface area contributed by atoms with E-state index in [2.05, 4.69) is 9.97 Å². The van der Waals surface area contributed by atoms with Crippen LogP contribution in [0.1, 0.15) is 60.7 Å². The van der Waals surface area contributed by atoms with Gasteiger partial charge in [0.2, 0.25) is 5.91 Å². The monoisotopic (exact) mass is 364 g/mol. The molecule has 5 rings (SSSR count). The number of likely N-dealkylation sites (tertiary alicyclic amines) is 1. The molecular formula is C21H24N4O2. The third-order valence-electron chi connectivity index (χ3n) is 6.16. The van der Waals surface area contributed by atoms with Crippen LogP contribution in [0.3, 0.4) is 0 Å². The Balaban J connectivity index is 1.27. The first kappa shape index (κ1) is 16.8. The fourth-order valence-corrected chi connectivity index (χ4v) is 4.56. The highest BCUT2D eigenvalue weighted by Crippen LogP contribution is 2.43. The highest BCUT2D eigenvalue weighted by atomic mass is 16.5. The Morgan fingerprint density at radius 1 is 1.22 bits per heavy atom. The van der Waals surface area contributed by atoms with Crippen LogP contribution in [0, 0.1) is 0 Å². The van der Waals surface area contributed by atoms with Crippen molar-refractivity contribution in [2.75, 3.05) is 13.1 Å². The normalized spacial score (nSPS) is 21.1. The van der Waals surface area contributed by atoms with Gasteiger partial charge in [0.15, 0.2) is 0 Å². The van der Waals surface area contributed by atoms with Crippen LogP contribution < -0.4 is 0 Å². The van der Waals surface area contributed by atoms with E-state index in [0.717, 1.165) is 22.6 Å². The van der Waals surface area contributed by atoms with E-state index in [1.54, 1.807) is 12.4 Å². The van der Waals surface area contributed by atoms with Gasteiger partial charge >= 0.3 is 0 Å². The highest BCUT2D eigenvalue weighted by Gasteiger charge is 2.52. The van der Waals surface area contributed by atoms with Gasteiger partial charge in [-0.1, -0.05) is 25.3 Å². The molecule has 6 nitrogen and oxygen atoms in total. The summed E-state index contributed by atoms with van der Waals surface area (Å²) in [6, 6.07) is 3.79. The molecule has 1 saturated carbocycles. The van der Waals surface area contributed by atoms with Gasteiger partial charge in [0.1, 0.15) is 11.4 Å². The van der Waals surface area contributed by atoms with Crippen LogP contribution in [0.25, 0.3) is 0 Å². The molecule has 1 spiro atoms. The molecule has 0 radical (unpaired) electrons. The lowest BCUT2D eigenvalue weighted by atomic mass is 9.86. The van der Waals surface area contributed by atoms with Gasteiger partial charge in [-0.05, 0) is 24.5 Å². The molecule has 1 saturated heterocycles. The molecule has 1 amide bonds.